The van der Waals surface area contributed by atoms with Gasteiger partial charge in [0.25, 0.3) is 0 Å². The summed E-state index contributed by atoms with van der Waals surface area (Å²) < 4.78 is 5.46. The number of fused-ring (bicyclic) bond motifs is 1. The maximum absolute atomic E-state index is 12.3. The van der Waals surface area contributed by atoms with Crippen molar-refractivity contribution >= 4 is 6.09 Å². The van der Waals surface area contributed by atoms with Crippen LogP contribution in [0.1, 0.15) is 37.5 Å². The average Bonchev–Trinajstić information content (AvgIpc) is 2.75. The van der Waals surface area contributed by atoms with Crippen molar-refractivity contribution in [3.05, 3.63) is 34.9 Å². The first-order valence-corrected chi connectivity index (χ1v) is 7.49. The summed E-state index contributed by atoms with van der Waals surface area (Å²) in [5.74, 6) is 0. The van der Waals surface area contributed by atoms with Crippen LogP contribution in [0.5, 0.6) is 0 Å². The lowest BCUT2D eigenvalue weighted by Crippen LogP contribution is -2.45. The van der Waals surface area contributed by atoms with E-state index in [-0.39, 0.29) is 18.7 Å². The molecule has 1 aliphatic carbocycles. The smallest absolute Gasteiger partial charge is 0.410 e. The van der Waals surface area contributed by atoms with Gasteiger partial charge in [-0.05, 0) is 51.7 Å². The minimum Gasteiger partial charge on any atom is -0.444 e. The molecule has 1 atom stereocenters. The second kappa shape index (κ2) is 6.06. The molecule has 116 valence electrons. The van der Waals surface area contributed by atoms with Crippen LogP contribution >= 0.6 is 0 Å². The molecule has 1 aromatic carbocycles. The number of aliphatic hydroxyl groups is 1. The lowest BCUT2D eigenvalue weighted by atomic mass is 10.1. The largest absolute Gasteiger partial charge is 0.444 e. The van der Waals surface area contributed by atoms with Crippen molar-refractivity contribution in [1.29, 1.82) is 0 Å². The molecule has 1 unspecified atom stereocenters. The fourth-order valence-corrected chi connectivity index (χ4v) is 2.80. The Bertz CT molecular complexity index is 519. The zero-order valence-electron chi connectivity index (χ0n) is 13.3. The Labute approximate surface area is 126 Å². The quantitative estimate of drug-likeness (QED) is 0.931. The summed E-state index contributed by atoms with van der Waals surface area (Å²) in [6.07, 6.45) is 1.32. The van der Waals surface area contributed by atoms with Crippen LogP contribution in [-0.4, -0.2) is 40.9 Å². The van der Waals surface area contributed by atoms with Gasteiger partial charge in [0.05, 0.1) is 6.61 Å². The molecule has 0 aliphatic heterocycles. The van der Waals surface area contributed by atoms with Gasteiger partial charge in [-0.2, -0.15) is 0 Å². The van der Waals surface area contributed by atoms with E-state index in [1.54, 1.807) is 4.90 Å². The van der Waals surface area contributed by atoms with Crippen LogP contribution in [0.2, 0.25) is 0 Å². The molecule has 4 heteroatoms. The second-order valence-electron chi connectivity index (χ2n) is 6.73. The molecule has 0 spiro atoms. The van der Waals surface area contributed by atoms with Gasteiger partial charge in [-0.15, -0.1) is 0 Å². The number of benzene rings is 1. The Morgan fingerprint density at radius 2 is 2.00 bits per heavy atom. The highest BCUT2D eigenvalue weighted by Crippen LogP contribution is 2.27. The fraction of sp³-hybridized carbons (Fsp3) is 0.588. The Morgan fingerprint density at radius 1 is 1.33 bits per heavy atom. The number of hydrogen-bond acceptors (Lipinski definition) is 3. The maximum Gasteiger partial charge on any atom is 0.410 e. The van der Waals surface area contributed by atoms with E-state index in [1.165, 1.54) is 16.7 Å². The van der Waals surface area contributed by atoms with Gasteiger partial charge in [0.1, 0.15) is 5.60 Å². The molecule has 0 aromatic heterocycles. The molecule has 1 N–H and O–H groups in total. The molecular weight excluding hydrogens is 266 g/mol. The Kier molecular flexibility index (Phi) is 4.57. The number of aryl methyl sites for hydroxylation is 1. The van der Waals surface area contributed by atoms with Crippen LogP contribution in [0.25, 0.3) is 0 Å². The molecule has 0 saturated heterocycles. The van der Waals surface area contributed by atoms with Crippen LogP contribution in [0.4, 0.5) is 4.79 Å². The van der Waals surface area contributed by atoms with Crippen LogP contribution in [0.3, 0.4) is 0 Å². The van der Waals surface area contributed by atoms with Crippen molar-refractivity contribution in [3.63, 3.8) is 0 Å². The third kappa shape index (κ3) is 3.97. The summed E-state index contributed by atoms with van der Waals surface area (Å²) >= 11 is 0. The highest BCUT2D eigenvalue weighted by atomic mass is 16.6. The van der Waals surface area contributed by atoms with Crippen molar-refractivity contribution < 1.29 is 14.6 Å². The zero-order valence-corrected chi connectivity index (χ0v) is 13.3. The summed E-state index contributed by atoms with van der Waals surface area (Å²) in [5, 5.41) is 9.26. The van der Waals surface area contributed by atoms with Gasteiger partial charge < -0.3 is 14.7 Å². The number of amides is 1. The van der Waals surface area contributed by atoms with E-state index in [0.29, 0.717) is 6.54 Å². The Balaban J connectivity index is 2.12. The van der Waals surface area contributed by atoms with Gasteiger partial charge in [-0.25, -0.2) is 4.79 Å². The number of aliphatic hydroxyl groups excluding tert-OH is 1. The zero-order chi connectivity index (χ0) is 15.6. The molecular formula is C17H25NO3. The van der Waals surface area contributed by atoms with Crippen molar-refractivity contribution in [2.75, 3.05) is 13.2 Å². The number of rotatable bonds is 3. The highest BCUT2D eigenvalue weighted by Gasteiger charge is 2.32. The molecule has 1 amide bonds. The first-order valence-electron chi connectivity index (χ1n) is 7.49. The van der Waals surface area contributed by atoms with E-state index in [4.69, 9.17) is 4.74 Å². The molecule has 0 fully saturated rings. The molecule has 2 rings (SSSR count). The molecule has 0 heterocycles. The fourth-order valence-electron chi connectivity index (χ4n) is 2.80. The molecule has 4 nitrogen and oxygen atoms in total. The summed E-state index contributed by atoms with van der Waals surface area (Å²) in [5.41, 5.74) is 3.30. The molecule has 0 radical (unpaired) electrons. The van der Waals surface area contributed by atoms with Crippen LogP contribution in [-0.2, 0) is 17.6 Å². The van der Waals surface area contributed by atoms with E-state index in [9.17, 15) is 9.90 Å². The third-order valence-corrected chi connectivity index (χ3v) is 3.68. The van der Waals surface area contributed by atoms with Crippen molar-refractivity contribution in [2.45, 2.75) is 52.2 Å². The van der Waals surface area contributed by atoms with Crippen molar-refractivity contribution in [2.24, 2.45) is 0 Å². The van der Waals surface area contributed by atoms with Gasteiger partial charge in [-0.3, -0.25) is 0 Å². The van der Waals surface area contributed by atoms with E-state index in [2.05, 4.69) is 25.1 Å². The summed E-state index contributed by atoms with van der Waals surface area (Å²) in [7, 11) is 0. The van der Waals surface area contributed by atoms with Gasteiger partial charge >= 0.3 is 6.09 Å². The van der Waals surface area contributed by atoms with E-state index in [1.807, 2.05) is 20.8 Å². The predicted octanol–water partition coefficient (Wildman–Crippen LogP) is 2.69. The number of ether oxygens (including phenoxy) is 1. The summed E-state index contributed by atoms with van der Waals surface area (Å²) in [4.78, 5) is 14.0. The summed E-state index contributed by atoms with van der Waals surface area (Å²) in [6, 6.07) is 6.49. The van der Waals surface area contributed by atoms with E-state index < -0.39 is 5.60 Å². The molecule has 0 saturated carbocycles. The lowest BCUT2D eigenvalue weighted by Gasteiger charge is -2.31. The SMILES string of the molecule is Cc1ccc2c(c1)CC(N(CCO)C(=O)OC(C)(C)C)C2. The number of hydrogen-bond donors (Lipinski definition) is 1. The summed E-state index contributed by atoms with van der Waals surface area (Å²) in [6.45, 7) is 7.91. The van der Waals surface area contributed by atoms with Crippen LogP contribution in [0, 0.1) is 6.92 Å². The van der Waals surface area contributed by atoms with Crippen molar-refractivity contribution in [1.82, 2.24) is 4.90 Å². The van der Waals surface area contributed by atoms with E-state index >= 15 is 0 Å². The Hall–Kier alpha value is -1.55. The Morgan fingerprint density at radius 3 is 2.62 bits per heavy atom. The minimum atomic E-state index is -0.521. The number of carbonyl (C=O) groups is 1. The van der Waals surface area contributed by atoms with Crippen molar-refractivity contribution in [3.8, 4) is 0 Å². The average molecular weight is 291 g/mol. The lowest BCUT2D eigenvalue weighted by molar-refractivity contribution is 0.0132. The standard InChI is InChI=1S/C17H25NO3/c1-12-5-6-13-10-15(11-14(13)9-12)18(7-8-19)16(20)21-17(2,3)4/h5-6,9,15,19H,7-8,10-11H2,1-4H3. The molecule has 1 aromatic rings. The van der Waals surface area contributed by atoms with Gasteiger partial charge in [-0.1, -0.05) is 23.8 Å². The topological polar surface area (TPSA) is 49.8 Å². The first kappa shape index (κ1) is 15.8. The van der Waals surface area contributed by atoms with Gasteiger partial charge in [0.2, 0.25) is 0 Å². The van der Waals surface area contributed by atoms with Crippen LogP contribution < -0.4 is 0 Å². The van der Waals surface area contributed by atoms with Gasteiger partial charge in [0, 0.05) is 12.6 Å². The highest BCUT2D eigenvalue weighted by molar-refractivity contribution is 5.69. The van der Waals surface area contributed by atoms with Gasteiger partial charge in [0.15, 0.2) is 0 Å². The molecule has 0 bridgehead atoms. The number of carbonyl (C=O) groups excluding carboxylic acids is 1. The first-order chi connectivity index (χ1) is 9.80. The monoisotopic (exact) mass is 291 g/mol. The predicted molar refractivity (Wildman–Crippen MR) is 82.4 cm³/mol. The van der Waals surface area contributed by atoms with Crippen LogP contribution in [0.15, 0.2) is 18.2 Å². The normalized spacial score (nSPS) is 17.5. The number of nitrogens with zero attached hydrogens (tertiary/aromatic N) is 1. The molecule has 1 aliphatic rings. The minimum absolute atomic E-state index is 0.0505. The molecule has 21 heavy (non-hydrogen) atoms. The maximum atomic E-state index is 12.3. The second-order valence-corrected chi connectivity index (χ2v) is 6.73. The third-order valence-electron chi connectivity index (χ3n) is 3.68. The van der Waals surface area contributed by atoms with E-state index in [0.717, 1.165) is 12.8 Å².